The Bertz CT molecular complexity index is 1300. The van der Waals surface area contributed by atoms with Crippen LogP contribution in [0.5, 0.6) is 0 Å². The number of carbonyl (C=O) groups is 1. The van der Waals surface area contributed by atoms with E-state index in [9.17, 15) is 4.79 Å². The Morgan fingerprint density at radius 2 is 1.57 bits per heavy atom. The van der Waals surface area contributed by atoms with Crippen LogP contribution in [0.25, 0.3) is 0 Å². The van der Waals surface area contributed by atoms with E-state index in [0.29, 0.717) is 5.69 Å². The number of hydrazone groups is 1. The minimum atomic E-state index is -0.102. The van der Waals surface area contributed by atoms with E-state index in [-0.39, 0.29) is 18.0 Å². The molecule has 1 aliphatic carbocycles. The zero-order chi connectivity index (χ0) is 25.4. The van der Waals surface area contributed by atoms with Crippen LogP contribution in [0.2, 0.25) is 0 Å². The number of hydrogen-bond donors (Lipinski definition) is 1. The lowest BCUT2D eigenvalue weighted by Gasteiger charge is -2.31. The van der Waals surface area contributed by atoms with Crippen LogP contribution in [0.15, 0.2) is 71.8 Å². The van der Waals surface area contributed by atoms with Crippen molar-refractivity contribution >= 4 is 28.8 Å². The third-order valence-electron chi connectivity index (χ3n) is 7.99. The quantitative estimate of drug-likeness (QED) is 0.347. The van der Waals surface area contributed by atoms with Gasteiger partial charge in [-0.05, 0) is 92.5 Å². The van der Waals surface area contributed by atoms with Crippen molar-refractivity contribution in [1.82, 2.24) is 5.01 Å². The van der Waals surface area contributed by atoms with Gasteiger partial charge in [-0.25, -0.2) is 9.80 Å². The predicted octanol–water partition coefficient (Wildman–Crippen LogP) is 6.23. The summed E-state index contributed by atoms with van der Waals surface area (Å²) >= 11 is 0. The van der Waals surface area contributed by atoms with Gasteiger partial charge in [0.2, 0.25) is 0 Å². The molecule has 6 nitrogen and oxygen atoms in total. The lowest BCUT2D eigenvalue weighted by Crippen LogP contribution is -2.43. The van der Waals surface area contributed by atoms with Crippen LogP contribution in [0.4, 0.5) is 21.9 Å². The number of rotatable bonds is 3. The van der Waals surface area contributed by atoms with E-state index < -0.39 is 0 Å². The molecular weight excluding hydrogens is 460 g/mol. The van der Waals surface area contributed by atoms with Crippen molar-refractivity contribution in [2.45, 2.75) is 51.5 Å². The van der Waals surface area contributed by atoms with Gasteiger partial charge < -0.3 is 10.5 Å². The minimum absolute atomic E-state index is 0.0152. The molecule has 2 N–H and O–H groups in total. The number of carbonyl (C=O) groups excluding carboxylic acids is 1. The fourth-order valence-corrected chi connectivity index (χ4v) is 5.92. The second kappa shape index (κ2) is 10.0. The molecule has 6 heteroatoms. The summed E-state index contributed by atoms with van der Waals surface area (Å²) in [4.78, 5) is 16.3. The number of amides is 2. The highest BCUT2D eigenvalue weighted by atomic mass is 16.5. The van der Waals surface area contributed by atoms with E-state index in [1.54, 1.807) is 0 Å². The first kappa shape index (κ1) is 23.7. The van der Waals surface area contributed by atoms with Crippen LogP contribution in [0.1, 0.15) is 47.9 Å². The maximum atomic E-state index is 14.5. The molecule has 190 valence electrons. The minimum Gasteiger partial charge on any atom is -0.399 e. The number of benzene rings is 3. The van der Waals surface area contributed by atoms with Crippen LogP contribution >= 0.6 is 0 Å². The molecule has 0 aromatic heterocycles. The van der Waals surface area contributed by atoms with Gasteiger partial charge >= 0.3 is 6.03 Å². The van der Waals surface area contributed by atoms with Gasteiger partial charge in [-0.1, -0.05) is 36.4 Å². The van der Waals surface area contributed by atoms with Crippen molar-refractivity contribution in [3.8, 4) is 0 Å². The molecular formula is C31H34N4O2. The Morgan fingerprint density at radius 3 is 2.24 bits per heavy atom. The summed E-state index contributed by atoms with van der Waals surface area (Å²) in [5.74, 6) is 0.250. The molecule has 0 radical (unpaired) electrons. The molecule has 0 bridgehead atoms. The van der Waals surface area contributed by atoms with Crippen LogP contribution in [-0.4, -0.2) is 36.0 Å². The molecule has 2 amide bonds. The molecule has 3 aromatic carbocycles. The second-order valence-electron chi connectivity index (χ2n) is 10.4. The summed E-state index contributed by atoms with van der Waals surface area (Å²) in [6, 6.07) is 22.5. The van der Waals surface area contributed by atoms with Gasteiger partial charge in [0.15, 0.2) is 0 Å². The van der Waals surface area contributed by atoms with E-state index >= 15 is 0 Å². The topological polar surface area (TPSA) is 71.2 Å². The lowest BCUT2D eigenvalue weighted by atomic mass is 9.88. The predicted molar refractivity (Wildman–Crippen MR) is 148 cm³/mol. The lowest BCUT2D eigenvalue weighted by molar-refractivity contribution is 0.0823. The number of urea groups is 1. The Morgan fingerprint density at radius 1 is 0.892 bits per heavy atom. The van der Waals surface area contributed by atoms with E-state index in [1.165, 1.54) is 11.1 Å². The van der Waals surface area contributed by atoms with Crippen molar-refractivity contribution in [1.29, 1.82) is 0 Å². The highest BCUT2D eigenvalue weighted by molar-refractivity contribution is 6.14. The monoisotopic (exact) mass is 494 g/mol. The van der Waals surface area contributed by atoms with Crippen LogP contribution < -0.4 is 10.6 Å². The first-order valence-electron chi connectivity index (χ1n) is 13.4. The van der Waals surface area contributed by atoms with Gasteiger partial charge in [0.05, 0.1) is 23.1 Å². The summed E-state index contributed by atoms with van der Waals surface area (Å²) in [7, 11) is 0. The summed E-state index contributed by atoms with van der Waals surface area (Å²) in [6.07, 6.45) is 5.48. The molecule has 37 heavy (non-hydrogen) atoms. The van der Waals surface area contributed by atoms with Gasteiger partial charge in [0.25, 0.3) is 0 Å². The second-order valence-corrected chi connectivity index (χ2v) is 10.4. The Hall–Kier alpha value is -3.64. The standard InChI is InChI=1S/C31H34N4O2/c1-21-6-15-28-29(20-21)34(26-13-9-25(32)10-14-26)31(36)35(33-30(28)24-16-18-37-19-17-24)27-11-7-22-4-2-3-5-23(22)8-12-27/h2-6,9-10,13-15,20,24,27H,7-8,11-12,16-19,32H2,1H3. The summed E-state index contributed by atoms with van der Waals surface area (Å²) in [6.45, 7) is 3.51. The zero-order valence-corrected chi connectivity index (χ0v) is 21.4. The van der Waals surface area contributed by atoms with E-state index in [1.807, 2.05) is 34.2 Å². The highest BCUT2D eigenvalue weighted by Crippen LogP contribution is 2.38. The van der Waals surface area contributed by atoms with Crippen molar-refractivity contribution in [2.24, 2.45) is 11.0 Å². The van der Waals surface area contributed by atoms with Gasteiger partial charge in [-0.3, -0.25) is 4.90 Å². The Balaban J connectivity index is 1.47. The Labute approximate surface area is 218 Å². The molecule has 3 aromatic rings. The SMILES string of the molecule is Cc1ccc2c(c1)N(c1ccc(N)cc1)C(=O)N(C1CCc3ccccc3CC1)N=C2C1CCOCC1. The fraction of sp³-hybridized carbons (Fsp3) is 0.355. The normalized spacial score (nSPS) is 19.1. The highest BCUT2D eigenvalue weighted by Gasteiger charge is 2.37. The van der Waals surface area contributed by atoms with Crippen LogP contribution in [-0.2, 0) is 17.6 Å². The zero-order valence-electron chi connectivity index (χ0n) is 21.4. The molecule has 3 aliphatic rings. The van der Waals surface area contributed by atoms with Crippen LogP contribution in [0, 0.1) is 12.8 Å². The fourth-order valence-electron chi connectivity index (χ4n) is 5.92. The van der Waals surface area contributed by atoms with Crippen molar-refractivity contribution in [3.05, 3.63) is 89.0 Å². The maximum Gasteiger partial charge on any atom is 0.349 e. The summed E-state index contributed by atoms with van der Waals surface area (Å²) < 4.78 is 5.69. The summed E-state index contributed by atoms with van der Waals surface area (Å²) in [5.41, 5.74) is 14.3. The molecule has 2 aliphatic heterocycles. The van der Waals surface area contributed by atoms with Gasteiger partial charge in [-0.2, -0.15) is 5.10 Å². The number of ether oxygens (including phenoxy) is 1. The molecule has 2 heterocycles. The molecule has 0 atom stereocenters. The first-order chi connectivity index (χ1) is 18.1. The van der Waals surface area contributed by atoms with E-state index in [4.69, 9.17) is 15.6 Å². The third-order valence-corrected chi connectivity index (χ3v) is 7.99. The third kappa shape index (κ3) is 4.62. The molecule has 0 unspecified atom stereocenters. The Kier molecular flexibility index (Phi) is 6.43. The molecule has 6 rings (SSSR count). The average molecular weight is 495 g/mol. The van der Waals surface area contributed by atoms with Crippen molar-refractivity contribution < 1.29 is 9.53 Å². The average Bonchev–Trinajstić information content (AvgIpc) is 3.21. The van der Waals surface area contributed by atoms with Gasteiger partial charge in [0, 0.05) is 30.4 Å². The van der Waals surface area contributed by atoms with Crippen LogP contribution in [0.3, 0.4) is 0 Å². The maximum absolute atomic E-state index is 14.5. The largest absolute Gasteiger partial charge is 0.399 e. The van der Waals surface area contributed by atoms with Crippen molar-refractivity contribution in [2.75, 3.05) is 23.8 Å². The molecule has 1 saturated heterocycles. The number of nitrogens with zero attached hydrogens (tertiary/aromatic N) is 3. The van der Waals surface area contributed by atoms with Crippen molar-refractivity contribution in [3.63, 3.8) is 0 Å². The number of nitrogen functional groups attached to an aromatic ring is 1. The number of nitrogens with two attached hydrogens (primary N) is 1. The van der Waals surface area contributed by atoms with Gasteiger partial charge in [-0.15, -0.1) is 0 Å². The first-order valence-corrected chi connectivity index (χ1v) is 13.4. The van der Waals surface area contributed by atoms with Gasteiger partial charge in [0.1, 0.15) is 0 Å². The van der Waals surface area contributed by atoms with E-state index in [2.05, 4.69) is 49.4 Å². The smallest absolute Gasteiger partial charge is 0.349 e. The van der Waals surface area contributed by atoms with E-state index in [0.717, 1.165) is 80.0 Å². The number of hydrogen-bond acceptors (Lipinski definition) is 4. The number of anilines is 3. The molecule has 0 saturated carbocycles. The molecule has 1 fully saturated rings. The number of fused-ring (bicyclic) bond motifs is 2. The summed E-state index contributed by atoms with van der Waals surface area (Å²) in [5, 5.41) is 7.06. The molecule has 0 spiro atoms. The number of aryl methyl sites for hydroxylation is 3.